The molecule has 1 atom stereocenters. The van der Waals surface area contributed by atoms with E-state index in [0.717, 1.165) is 17.8 Å². The second-order valence-electron chi connectivity index (χ2n) is 7.16. The zero-order valence-corrected chi connectivity index (χ0v) is 18.5. The Hall–Kier alpha value is -2.72. The summed E-state index contributed by atoms with van der Waals surface area (Å²) in [6.45, 7) is 2.01. The Morgan fingerprint density at radius 3 is 2.59 bits per heavy atom. The van der Waals surface area contributed by atoms with Gasteiger partial charge in [-0.25, -0.2) is 4.98 Å². The van der Waals surface area contributed by atoms with E-state index in [1.807, 2.05) is 13.0 Å². The van der Waals surface area contributed by atoms with Gasteiger partial charge in [0.1, 0.15) is 0 Å². The quantitative estimate of drug-likeness (QED) is 0.413. The summed E-state index contributed by atoms with van der Waals surface area (Å²) >= 11 is 2.49. The number of nitrogens with zero attached hydrogens (tertiary/aromatic N) is 2. The van der Waals surface area contributed by atoms with Crippen molar-refractivity contribution in [1.82, 2.24) is 9.55 Å². The molecule has 0 bridgehead atoms. The third kappa shape index (κ3) is 4.71. The summed E-state index contributed by atoms with van der Waals surface area (Å²) in [5, 5.41) is 2.87. The number of carbonyl (C=O) groups excluding carboxylic acids is 1. The number of thioether (sulfide) groups is 2. The molecule has 0 radical (unpaired) electrons. The molecule has 0 aliphatic carbocycles. The molecule has 4 rings (SSSR count). The van der Waals surface area contributed by atoms with Crippen LogP contribution in [-0.2, 0) is 17.4 Å². The largest absolute Gasteiger partial charge is 0.418 e. The Labute approximate surface area is 190 Å². The van der Waals surface area contributed by atoms with Crippen molar-refractivity contribution in [1.29, 1.82) is 0 Å². The highest BCUT2D eigenvalue weighted by atomic mass is 32.2. The van der Waals surface area contributed by atoms with Crippen LogP contribution in [0.5, 0.6) is 0 Å². The minimum atomic E-state index is -4.58. The van der Waals surface area contributed by atoms with Crippen molar-refractivity contribution in [2.24, 2.45) is 0 Å². The molecule has 1 N–H and O–H groups in total. The van der Waals surface area contributed by atoms with E-state index >= 15 is 0 Å². The topological polar surface area (TPSA) is 64.0 Å². The number of para-hydroxylation sites is 2. The molecule has 5 nitrogen and oxygen atoms in total. The van der Waals surface area contributed by atoms with Crippen molar-refractivity contribution >= 4 is 35.1 Å². The molecule has 1 unspecified atom stereocenters. The fraction of sp³-hybridized carbons (Fsp3) is 0.227. The van der Waals surface area contributed by atoms with Gasteiger partial charge < -0.3 is 5.32 Å². The molecule has 166 valence electrons. The van der Waals surface area contributed by atoms with Gasteiger partial charge in [-0.3, -0.25) is 14.2 Å². The van der Waals surface area contributed by atoms with E-state index in [1.54, 1.807) is 24.3 Å². The Kier molecular flexibility index (Phi) is 6.34. The minimum Gasteiger partial charge on any atom is -0.325 e. The maximum absolute atomic E-state index is 13.2. The molecule has 2 heterocycles. The summed E-state index contributed by atoms with van der Waals surface area (Å²) in [5.41, 5.74) is -0.136. The van der Waals surface area contributed by atoms with Crippen LogP contribution in [0.15, 0.2) is 69.4 Å². The van der Waals surface area contributed by atoms with Gasteiger partial charge in [0, 0.05) is 11.7 Å². The van der Waals surface area contributed by atoms with E-state index in [9.17, 15) is 22.8 Å². The molecule has 2 aromatic carbocycles. The zero-order valence-electron chi connectivity index (χ0n) is 16.8. The van der Waals surface area contributed by atoms with E-state index in [1.165, 1.54) is 34.5 Å². The van der Waals surface area contributed by atoms with Crippen LogP contribution < -0.4 is 10.9 Å². The third-order valence-electron chi connectivity index (χ3n) is 4.73. The number of anilines is 1. The highest BCUT2D eigenvalue weighted by molar-refractivity contribution is 8.00. The van der Waals surface area contributed by atoms with Crippen LogP contribution in [0.25, 0.3) is 5.69 Å². The number of hydrogen-bond acceptors (Lipinski definition) is 5. The Morgan fingerprint density at radius 2 is 1.88 bits per heavy atom. The Morgan fingerprint density at radius 1 is 1.19 bits per heavy atom. The van der Waals surface area contributed by atoms with Crippen LogP contribution in [0, 0.1) is 0 Å². The van der Waals surface area contributed by atoms with Gasteiger partial charge in [0.05, 0.1) is 33.3 Å². The van der Waals surface area contributed by atoms with Gasteiger partial charge in [-0.15, -0.1) is 11.8 Å². The number of aromatic nitrogens is 2. The number of hydrogen-bond donors (Lipinski definition) is 1. The second-order valence-corrected chi connectivity index (χ2v) is 9.55. The molecular formula is C22H18F3N3O2S2. The minimum absolute atomic E-state index is 0.201. The Bertz CT molecular complexity index is 1210. The molecule has 0 saturated heterocycles. The highest BCUT2D eigenvalue weighted by Crippen LogP contribution is 2.36. The van der Waals surface area contributed by atoms with E-state index in [2.05, 4.69) is 10.3 Å². The van der Waals surface area contributed by atoms with Gasteiger partial charge in [0.2, 0.25) is 5.91 Å². The first kappa shape index (κ1) is 22.5. The summed E-state index contributed by atoms with van der Waals surface area (Å²) in [7, 11) is 0. The van der Waals surface area contributed by atoms with E-state index in [4.69, 9.17) is 0 Å². The standard InChI is InChI=1S/C22H18F3N3O2S2/c1-13-11-17-19(32-13)20(30)28(14-7-3-2-4-8-14)21(27-17)31-12-18(29)26-16-10-6-5-9-15(16)22(23,24)25/h2-10,13H,11-12H2,1H3,(H,26,29). The lowest BCUT2D eigenvalue weighted by Crippen LogP contribution is -2.25. The van der Waals surface area contributed by atoms with Crippen LogP contribution >= 0.6 is 23.5 Å². The summed E-state index contributed by atoms with van der Waals surface area (Å²) in [6, 6.07) is 13.7. The van der Waals surface area contributed by atoms with E-state index in [-0.39, 0.29) is 22.2 Å². The lowest BCUT2D eigenvalue weighted by Gasteiger charge is -2.15. The second kappa shape index (κ2) is 9.03. The smallest absolute Gasteiger partial charge is 0.325 e. The summed E-state index contributed by atoms with van der Waals surface area (Å²) in [4.78, 5) is 30.9. The van der Waals surface area contributed by atoms with Crippen LogP contribution in [0.4, 0.5) is 18.9 Å². The van der Waals surface area contributed by atoms with Gasteiger partial charge in [0.25, 0.3) is 5.56 Å². The SMILES string of the molecule is CC1Cc2nc(SCC(=O)Nc3ccccc3C(F)(F)F)n(-c3ccccc3)c(=O)c2S1. The van der Waals surface area contributed by atoms with Crippen LogP contribution in [0.2, 0.25) is 0 Å². The highest BCUT2D eigenvalue weighted by Gasteiger charge is 2.33. The Balaban J connectivity index is 1.60. The predicted molar refractivity (Wildman–Crippen MR) is 120 cm³/mol. The van der Waals surface area contributed by atoms with Gasteiger partial charge >= 0.3 is 6.18 Å². The number of benzene rings is 2. The first-order valence-electron chi connectivity index (χ1n) is 9.71. The monoisotopic (exact) mass is 477 g/mol. The number of fused-ring (bicyclic) bond motifs is 1. The average molecular weight is 478 g/mol. The third-order valence-corrected chi connectivity index (χ3v) is 6.89. The molecule has 0 saturated carbocycles. The first-order chi connectivity index (χ1) is 15.2. The maximum atomic E-state index is 13.2. The van der Waals surface area contributed by atoms with Gasteiger partial charge in [-0.1, -0.05) is 49.0 Å². The molecular weight excluding hydrogens is 459 g/mol. The molecule has 1 aliphatic heterocycles. The molecule has 1 aromatic heterocycles. The fourth-order valence-electron chi connectivity index (χ4n) is 3.36. The lowest BCUT2D eigenvalue weighted by atomic mass is 10.1. The van der Waals surface area contributed by atoms with Crippen LogP contribution in [0.3, 0.4) is 0 Å². The molecule has 0 fully saturated rings. The lowest BCUT2D eigenvalue weighted by molar-refractivity contribution is -0.137. The molecule has 0 spiro atoms. The van der Waals surface area contributed by atoms with Crippen molar-refractivity contribution in [3.05, 3.63) is 76.2 Å². The van der Waals surface area contributed by atoms with Crippen LogP contribution in [0.1, 0.15) is 18.2 Å². The normalized spacial score (nSPS) is 15.4. The van der Waals surface area contributed by atoms with Crippen molar-refractivity contribution in [3.8, 4) is 5.69 Å². The van der Waals surface area contributed by atoms with Crippen LogP contribution in [-0.4, -0.2) is 26.5 Å². The molecule has 1 amide bonds. The van der Waals surface area contributed by atoms with Gasteiger partial charge in [-0.05, 0) is 24.3 Å². The summed E-state index contributed by atoms with van der Waals surface area (Å²) in [6.07, 6.45) is -3.94. The summed E-state index contributed by atoms with van der Waals surface area (Å²) < 4.78 is 41.0. The molecule has 1 aliphatic rings. The van der Waals surface area contributed by atoms with Crippen molar-refractivity contribution in [2.75, 3.05) is 11.1 Å². The number of carbonyl (C=O) groups is 1. The van der Waals surface area contributed by atoms with E-state index < -0.39 is 17.6 Å². The zero-order chi connectivity index (χ0) is 22.9. The number of nitrogens with one attached hydrogen (secondary N) is 1. The molecule has 32 heavy (non-hydrogen) atoms. The number of amides is 1. The number of alkyl halides is 3. The molecule has 3 aromatic rings. The maximum Gasteiger partial charge on any atom is 0.418 e. The first-order valence-corrected chi connectivity index (χ1v) is 11.6. The molecule has 10 heteroatoms. The van der Waals surface area contributed by atoms with Crippen molar-refractivity contribution in [2.45, 2.75) is 34.8 Å². The number of halogens is 3. The average Bonchev–Trinajstić information content (AvgIpc) is 3.13. The van der Waals surface area contributed by atoms with E-state index in [0.29, 0.717) is 27.9 Å². The van der Waals surface area contributed by atoms with Crippen molar-refractivity contribution < 1.29 is 18.0 Å². The number of rotatable bonds is 5. The fourth-order valence-corrected chi connectivity index (χ4v) is 5.28. The predicted octanol–water partition coefficient (Wildman–Crippen LogP) is 5.02. The van der Waals surface area contributed by atoms with Gasteiger partial charge in [0.15, 0.2) is 5.16 Å². The summed E-state index contributed by atoms with van der Waals surface area (Å²) in [5.74, 6) is -0.823. The van der Waals surface area contributed by atoms with Gasteiger partial charge in [-0.2, -0.15) is 13.2 Å². The van der Waals surface area contributed by atoms with Crippen molar-refractivity contribution in [3.63, 3.8) is 0 Å².